The third kappa shape index (κ3) is 3.20. The number of furan rings is 1. The zero-order valence-corrected chi connectivity index (χ0v) is 14.1. The average Bonchev–Trinajstić information content (AvgIpc) is 3.01. The Bertz CT molecular complexity index is 915. The number of nitrogens with zero attached hydrogens (tertiary/aromatic N) is 2. The van der Waals surface area contributed by atoms with E-state index in [2.05, 4.69) is 26.7 Å². The quantitative estimate of drug-likeness (QED) is 0.764. The Kier molecular flexibility index (Phi) is 4.09. The van der Waals surface area contributed by atoms with Gasteiger partial charge >= 0.3 is 6.03 Å². The molecule has 0 atom stereocenters. The van der Waals surface area contributed by atoms with Gasteiger partial charge in [-0.1, -0.05) is 12.1 Å². The van der Waals surface area contributed by atoms with E-state index in [0.717, 1.165) is 41.7 Å². The van der Waals surface area contributed by atoms with Crippen LogP contribution in [-0.2, 0) is 19.4 Å². The second-order valence-corrected chi connectivity index (χ2v) is 6.35. The third-order valence-corrected chi connectivity index (χ3v) is 4.50. The fraction of sp³-hybridized carbons (Fsp3) is 0.316. The SMILES string of the molecule is Cc1cnc(CNC(=O)Nc2cccc3c4c(oc23)CCCC4)cn1. The molecule has 2 heterocycles. The summed E-state index contributed by atoms with van der Waals surface area (Å²) in [4.78, 5) is 20.6. The van der Waals surface area contributed by atoms with Crippen LogP contribution in [-0.4, -0.2) is 16.0 Å². The van der Waals surface area contributed by atoms with Gasteiger partial charge in [-0.25, -0.2) is 4.79 Å². The van der Waals surface area contributed by atoms with E-state index in [0.29, 0.717) is 17.9 Å². The Labute approximate surface area is 145 Å². The summed E-state index contributed by atoms with van der Waals surface area (Å²) in [6.07, 6.45) is 7.72. The van der Waals surface area contributed by atoms with Gasteiger partial charge in [-0.3, -0.25) is 9.97 Å². The molecule has 0 radical (unpaired) electrons. The van der Waals surface area contributed by atoms with E-state index >= 15 is 0 Å². The number of hydrogen-bond acceptors (Lipinski definition) is 4. The molecular formula is C19H20N4O2. The second-order valence-electron chi connectivity index (χ2n) is 6.35. The lowest BCUT2D eigenvalue weighted by atomic mass is 9.96. The fourth-order valence-corrected chi connectivity index (χ4v) is 3.23. The highest BCUT2D eigenvalue weighted by Gasteiger charge is 2.19. The first-order valence-electron chi connectivity index (χ1n) is 8.56. The molecule has 3 aromatic rings. The predicted octanol–water partition coefficient (Wildman–Crippen LogP) is 3.73. The van der Waals surface area contributed by atoms with Crippen LogP contribution in [0.5, 0.6) is 0 Å². The first-order chi connectivity index (χ1) is 12.2. The second kappa shape index (κ2) is 6.55. The van der Waals surface area contributed by atoms with Crippen molar-refractivity contribution in [1.82, 2.24) is 15.3 Å². The van der Waals surface area contributed by atoms with Crippen molar-refractivity contribution in [3.63, 3.8) is 0 Å². The number of anilines is 1. The van der Waals surface area contributed by atoms with E-state index in [9.17, 15) is 4.79 Å². The van der Waals surface area contributed by atoms with E-state index in [1.54, 1.807) is 12.4 Å². The maximum atomic E-state index is 12.2. The molecule has 1 aliphatic carbocycles. The van der Waals surface area contributed by atoms with Crippen molar-refractivity contribution in [1.29, 1.82) is 0 Å². The lowest BCUT2D eigenvalue weighted by Crippen LogP contribution is -2.28. The molecule has 0 saturated carbocycles. The highest BCUT2D eigenvalue weighted by Crippen LogP contribution is 2.35. The highest BCUT2D eigenvalue weighted by atomic mass is 16.3. The molecule has 128 valence electrons. The predicted molar refractivity (Wildman–Crippen MR) is 95.5 cm³/mol. The number of urea groups is 1. The Morgan fingerprint density at radius 2 is 2.08 bits per heavy atom. The molecule has 2 amide bonds. The van der Waals surface area contributed by atoms with Gasteiger partial charge < -0.3 is 15.1 Å². The summed E-state index contributed by atoms with van der Waals surface area (Å²) < 4.78 is 6.03. The van der Waals surface area contributed by atoms with Gasteiger partial charge in [0.2, 0.25) is 0 Å². The number of aryl methyl sites for hydroxylation is 3. The van der Waals surface area contributed by atoms with Crippen LogP contribution in [0.1, 0.15) is 35.6 Å². The van der Waals surface area contributed by atoms with E-state index in [1.807, 2.05) is 19.1 Å². The average molecular weight is 336 g/mol. The summed E-state index contributed by atoms with van der Waals surface area (Å²) in [7, 11) is 0. The van der Waals surface area contributed by atoms with Crippen molar-refractivity contribution in [2.24, 2.45) is 0 Å². The first-order valence-corrected chi connectivity index (χ1v) is 8.56. The lowest BCUT2D eigenvalue weighted by molar-refractivity contribution is 0.251. The number of hydrogen-bond donors (Lipinski definition) is 2. The third-order valence-electron chi connectivity index (χ3n) is 4.50. The number of rotatable bonds is 3. The molecule has 0 unspecified atom stereocenters. The monoisotopic (exact) mass is 336 g/mol. The summed E-state index contributed by atoms with van der Waals surface area (Å²) in [6.45, 7) is 2.20. The van der Waals surface area contributed by atoms with Crippen LogP contribution in [0.25, 0.3) is 11.0 Å². The van der Waals surface area contributed by atoms with Crippen LogP contribution in [0, 0.1) is 6.92 Å². The number of carbonyl (C=O) groups excluding carboxylic acids is 1. The van der Waals surface area contributed by atoms with Crippen molar-refractivity contribution in [3.05, 3.63) is 53.3 Å². The topological polar surface area (TPSA) is 80.0 Å². The summed E-state index contributed by atoms with van der Waals surface area (Å²) in [5.41, 5.74) is 4.31. The first kappa shape index (κ1) is 15.6. The minimum atomic E-state index is -0.288. The van der Waals surface area contributed by atoms with E-state index in [-0.39, 0.29) is 6.03 Å². The van der Waals surface area contributed by atoms with E-state index < -0.39 is 0 Å². The highest BCUT2D eigenvalue weighted by molar-refractivity contribution is 6.00. The van der Waals surface area contributed by atoms with Gasteiger partial charge in [-0.05, 0) is 32.3 Å². The van der Waals surface area contributed by atoms with Gasteiger partial charge in [0, 0.05) is 23.6 Å². The number of nitrogens with one attached hydrogen (secondary N) is 2. The number of benzene rings is 1. The molecule has 1 aromatic carbocycles. The summed E-state index contributed by atoms with van der Waals surface area (Å²) in [5, 5.41) is 6.79. The van der Waals surface area contributed by atoms with Crippen molar-refractivity contribution in [3.8, 4) is 0 Å². The van der Waals surface area contributed by atoms with E-state index in [4.69, 9.17) is 4.42 Å². The zero-order chi connectivity index (χ0) is 17.2. The summed E-state index contributed by atoms with van der Waals surface area (Å²) in [5.74, 6) is 1.06. The van der Waals surface area contributed by atoms with Gasteiger partial charge in [0.1, 0.15) is 5.76 Å². The largest absolute Gasteiger partial charge is 0.459 e. The Morgan fingerprint density at radius 1 is 1.20 bits per heavy atom. The van der Waals surface area contributed by atoms with Crippen LogP contribution in [0.15, 0.2) is 35.0 Å². The number of para-hydroxylation sites is 1. The van der Waals surface area contributed by atoms with Gasteiger partial charge in [0.15, 0.2) is 5.58 Å². The molecule has 0 saturated heterocycles. The van der Waals surface area contributed by atoms with Crippen LogP contribution in [0.4, 0.5) is 10.5 Å². The summed E-state index contributed by atoms with van der Waals surface area (Å²) >= 11 is 0. The van der Waals surface area contributed by atoms with Gasteiger partial charge in [0.05, 0.1) is 29.8 Å². The maximum absolute atomic E-state index is 12.2. The number of carbonyl (C=O) groups is 1. The molecular weight excluding hydrogens is 316 g/mol. The minimum absolute atomic E-state index is 0.288. The Morgan fingerprint density at radius 3 is 2.92 bits per heavy atom. The van der Waals surface area contributed by atoms with Crippen molar-refractivity contribution in [2.75, 3.05) is 5.32 Å². The lowest BCUT2D eigenvalue weighted by Gasteiger charge is -2.08. The normalized spacial score (nSPS) is 13.5. The molecule has 0 bridgehead atoms. The number of aromatic nitrogens is 2. The van der Waals surface area contributed by atoms with Crippen LogP contribution in [0.3, 0.4) is 0 Å². The van der Waals surface area contributed by atoms with Crippen LogP contribution in [0.2, 0.25) is 0 Å². The fourth-order valence-electron chi connectivity index (χ4n) is 3.23. The van der Waals surface area contributed by atoms with Crippen LogP contribution >= 0.6 is 0 Å². The number of fused-ring (bicyclic) bond motifs is 3. The minimum Gasteiger partial charge on any atom is -0.459 e. The molecule has 6 nitrogen and oxygen atoms in total. The zero-order valence-electron chi connectivity index (χ0n) is 14.1. The standard InChI is InChI=1S/C19H20N4O2/c1-12-9-21-13(10-20-12)11-22-19(24)23-16-7-4-6-15-14-5-2-3-8-17(14)25-18(15)16/h4,6-7,9-10H,2-3,5,8,11H2,1H3,(H2,22,23,24). The number of amides is 2. The smallest absolute Gasteiger partial charge is 0.319 e. The molecule has 2 aromatic heterocycles. The van der Waals surface area contributed by atoms with Gasteiger partial charge in [-0.2, -0.15) is 0 Å². The van der Waals surface area contributed by atoms with Crippen molar-refractivity contribution >= 4 is 22.7 Å². The maximum Gasteiger partial charge on any atom is 0.319 e. The molecule has 25 heavy (non-hydrogen) atoms. The van der Waals surface area contributed by atoms with Crippen molar-refractivity contribution < 1.29 is 9.21 Å². The van der Waals surface area contributed by atoms with Gasteiger partial charge in [0.25, 0.3) is 0 Å². The summed E-state index contributed by atoms with van der Waals surface area (Å²) in [6, 6.07) is 5.59. The molecule has 0 aliphatic heterocycles. The van der Waals surface area contributed by atoms with Gasteiger partial charge in [-0.15, -0.1) is 0 Å². The molecule has 4 rings (SSSR count). The van der Waals surface area contributed by atoms with Crippen molar-refractivity contribution in [2.45, 2.75) is 39.2 Å². The Hall–Kier alpha value is -2.89. The Balaban J connectivity index is 1.49. The molecule has 0 spiro atoms. The molecule has 1 aliphatic rings. The van der Waals surface area contributed by atoms with Crippen LogP contribution < -0.4 is 10.6 Å². The van der Waals surface area contributed by atoms with E-state index in [1.165, 1.54) is 12.0 Å². The molecule has 6 heteroatoms. The molecule has 0 fully saturated rings. The molecule has 2 N–H and O–H groups in total.